The van der Waals surface area contributed by atoms with Crippen molar-refractivity contribution in [2.24, 2.45) is 5.92 Å². The minimum absolute atomic E-state index is 0.000209. The normalized spacial score (nSPS) is 20.6. The summed E-state index contributed by atoms with van der Waals surface area (Å²) in [7, 11) is 1.63. The third kappa shape index (κ3) is 4.80. The van der Waals surface area contributed by atoms with Crippen molar-refractivity contribution in [3.8, 4) is 17.2 Å². The Bertz CT molecular complexity index is 1310. The van der Waals surface area contributed by atoms with Crippen LogP contribution in [0.5, 0.6) is 17.2 Å². The Labute approximate surface area is 221 Å². The number of esters is 1. The van der Waals surface area contributed by atoms with Crippen LogP contribution in [0.25, 0.3) is 0 Å². The number of nitrogens with one attached hydrogen (secondary N) is 1. The molecule has 5 rings (SSSR count). The van der Waals surface area contributed by atoms with Crippen LogP contribution in [0.15, 0.2) is 58.9 Å². The molecule has 0 saturated carbocycles. The van der Waals surface area contributed by atoms with E-state index in [-0.39, 0.29) is 31.0 Å². The van der Waals surface area contributed by atoms with Crippen molar-refractivity contribution >= 4 is 23.4 Å². The largest absolute Gasteiger partial charge is 0.497 e. The van der Waals surface area contributed by atoms with E-state index in [9.17, 15) is 9.59 Å². The predicted molar refractivity (Wildman–Crippen MR) is 139 cm³/mol. The molecule has 37 heavy (non-hydrogen) atoms. The summed E-state index contributed by atoms with van der Waals surface area (Å²) in [6.07, 6.45) is 0.941. The first-order chi connectivity index (χ1) is 17.8. The quantitative estimate of drug-likeness (QED) is 0.491. The number of hydrogen-bond donors (Lipinski definition) is 1. The van der Waals surface area contributed by atoms with Gasteiger partial charge in [-0.1, -0.05) is 37.6 Å². The van der Waals surface area contributed by atoms with Crippen molar-refractivity contribution < 1.29 is 28.5 Å². The summed E-state index contributed by atoms with van der Waals surface area (Å²) in [5.41, 5.74) is 4.06. The molecule has 2 atom stereocenters. The second-order valence-corrected chi connectivity index (χ2v) is 10.4. The number of allylic oxidation sites excluding steroid dienone is 3. The molecular formula is C29H30ClNO6. The summed E-state index contributed by atoms with van der Waals surface area (Å²) in [5, 5.41) is 3.77. The van der Waals surface area contributed by atoms with Gasteiger partial charge in [0.2, 0.25) is 6.79 Å². The summed E-state index contributed by atoms with van der Waals surface area (Å²) in [6.45, 7) is 6.16. The molecule has 0 bridgehead atoms. The van der Waals surface area contributed by atoms with Gasteiger partial charge in [0.1, 0.15) is 5.75 Å². The van der Waals surface area contributed by atoms with Gasteiger partial charge in [0, 0.05) is 40.4 Å². The molecule has 2 unspecified atom stereocenters. The molecule has 1 N–H and O–H groups in total. The third-order valence-electron chi connectivity index (χ3n) is 6.99. The average molecular weight is 524 g/mol. The molecule has 2 aromatic rings. The number of fused-ring (bicyclic) bond motifs is 1. The van der Waals surface area contributed by atoms with Crippen molar-refractivity contribution in [1.82, 2.24) is 5.32 Å². The van der Waals surface area contributed by atoms with E-state index >= 15 is 0 Å². The Balaban J connectivity index is 1.58. The van der Waals surface area contributed by atoms with E-state index in [0.717, 1.165) is 17.0 Å². The van der Waals surface area contributed by atoms with Crippen molar-refractivity contribution in [2.45, 2.75) is 45.4 Å². The molecule has 1 aliphatic carbocycles. The number of ketones is 1. The van der Waals surface area contributed by atoms with E-state index in [2.05, 4.69) is 5.32 Å². The van der Waals surface area contributed by atoms with Crippen LogP contribution in [0.1, 0.15) is 56.6 Å². The zero-order valence-corrected chi connectivity index (χ0v) is 22.1. The fourth-order valence-corrected chi connectivity index (χ4v) is 5.47. The summed E-state index contributed by atoms with van der Waals surface area (Å²) in [4.78, 5) is 27.2. The van der Waals surface area contributed by atoms with Gasteiger partial charge in [0.15, 0.2) is 17.3 Å². The first-order valence-electron chi connectivity index (χ1n) is 12.4. The highest BCUT2D eigenvalue weighted by Gasteiger charge is 2.42. The van der Waals surface area contributed by atoms with Crippen molar-refractivity contribution in [3.63, 3.8) is 0 Å². The second-order valence-electron chi connectivity index (χ2n) is 10.0. The van der Waals surface area contributed by atoms with Crippen LogP contribution < -0.4 is 19.5 Å². The average Bonchev–Trinajstić information content (AvgIpc) is 3.33. The highest BCUT2D eigenvalue weighted by molar-refractivity contribution is 6.32. The topological polar surface area (TPSA) is 83.1 Å². The number of carbonyl (C=O) groups excluding carboxylic acids is 2. The number of halogens is 1. The van der Waals surface area contributed by atoms with E-state index in [1.54, 1.807) is 19.2 Å². The molecule has 2 aromatic carbocycles. The van der Waals surface area contributed by atoms with E-state index in [0.29, 0.717) is 51.8 Å². The summed E-state index contributed by atoms with van der Waals surface area (Å²) < 4.78 is 22.0. The molecule has 0 amide bonds. The highest BCUT2D eigenvalue weighted by atomic mass is 35.5. The number of Topliss-reactive ketones (excluding diaryl/α,β-unsaturated/α-hetero) is 1. The van der Waals surface area contributed by atoms with Gasteiger partial charge in [-0.05, 0) is 54.5 Å². The summed E-state index contributed by atoms with van der Waals surface area (Å²) in [5.74, 6) is 0.835. The Hall–Kier alpha value is -3.45. The molecule has 0 fully saturated rings. The number of carbonyl (C=O) groups is 2. The lowest BCUT2D eigenvalue weighted by molar-refractivity contribution is -0.140. The smallest absolute Gasteiger partial charge is 0.336 e. The van der Waals surface area contributed by atoms with Gasteiger partial charge in [-0.15, -0.1) is 0 Å². The molecule has 8 heteroatoms. The second kappa shape index (κ2) is 10.1. The lowest BCUT2D eigenvalue weighted by Crippen LogP contribution is -2.36. The number of methoxy groups -OCH3 is 1. The molecule has 2 aliphatic heterocycles. The predicted octanol–water partition coefficient (Wildman–Crippen LogP) is 5.64. The molecule has 0 saturated heterocycles. The maximum atomic E-state index is 13.8. The van der Waals surface area contributed by atoms with Crippen LogP contribution in [0, 0.1) is 5.92 Å². The lowest BCUT2D eigenvalue weighted by Gasteiger charge is -2.37. The zero-order chi connectivity index (χ0) is 26.3. The van der Waals surface area contributed by atoms with Gasteiger partial charge < -0.3 is 24.3 Å². The Kier molecular flexibility index (Phi) is 6.90. The minimum atomic E-state index is -0.678. The molecule has 2 heterocycles. The van der Waals surface area contributed by atoms with Crippen LogP contribution in [0.4, 0.5) is 0 Å². The van der Waals surface area contributed by atoms with Crippen LogP contribution >= 0.6 is 11.6 Å². The Morgan fingerprint density at radius 2 is 1.84 bits per heavy atom. The van der Waals surface area contributed by atoms with Crippen LogP contribution in [-0.2, 0) is 14.3 Å². The summed E-state index contributed by atoms with van der Waals surface area (Å²) in [6, 6.07) is 11.3. The monoisotopic (exact) mass is 523 g/mol. The number of dihydropyridines is 1. The fraction of sp³-hybridized carbons (Fsp3) is 0.379. The van der Waals surface area contributed by atoms with E-state index < -0.39 is 11.9 Å². The Morgan fingerprint density at radius 1 is 1.14 bits per heavy atom. The maximum absolute atomic E-state index is 13.8. The highest BCUT2D eigenvalue weighted by Crippen LogP contribution is 2.49. The van der Waals surface area contributed by atoms with Gasteiger partial charge in [0.25, 0.3) is 0 Å². The van der Waals surface area contributed by atoms with Crippen molar-refractivity contribution in [3.05, 3.63) is 75.1 Å². The first kappa shape index (κ1) is 25.2. The minimum Gasteiger partial charge on any atom is -0.497 e. The van der Waals surface area contributed by atoms with E-state index in [4.69, 9.17) is 30.5 Å². The molecule has 3 aliphatic rings. The summed E-state index contributed by atoms with van der Waals surface area (Å²) >= 11 is 6.74. The standard InChI is InChI=1S/C29H30ClNO6/c1-15(2)13-35-29(33)26-16(3)31-22-9-18(17-5-7-19(34-4)8-6-17)10-23(32)28(22)27(26)20-11-24-25(12-21(20)30)37-14-36-24/h5-8,11-12,15,18,27,31H,9-10,13-14H2,1-4H3. The van der Waals surface area contributed by atoms with Gasteiger partial charge in [-0.2, -0.15) is 0 Å². The molecule has 0 spiro atoms. The van der Waals surface area contributed by atoms with Crippen molar-refractivity contribution in [1.29, 1.82) is 0 Å². The molecule has 0 radical (unpaired) electrons. The van der Waals surface area contributed by atoms with Gasteiger partial charge in [-0.3, -0.25) is 4.79 Å². The number of ether oxygens (including phenoxy) is 4. The van der Waals surface area contributed by atoms with E-state index in [1.165, 1.54) is 0 Å². The number of benzene rings is 2. The fourth-order valence-electron chi connectivity index (χ4n) is 5.21. The van der Waals surface area contributed by atoms with E-state index in [1.807, 2.05) is 45.0 Å². The number of rotatable bonds is 6. The van der Waals surface area contributed by atoms with Gasteiger partial charge in [0.05, 0.1) is 19.3 Å². The Morgan fingerprint density at radius 3 is 2.51 bits per heavy atom. The number of hydrogen-bond acceptors (Lipinski definition) is 7. The van der Waals surface area contributed by atoms with Gasteiger partial charge >= 0.3 is 5.97 Å². The SMILES string of the molecule is COc1ccc(C2CC(=O)C3=C(C2)NC(C)=C(C(=O)OCC(C)C)C3c2cc3c(cc2Cl)OCO3)cc1. The first-order valence-corrected chi connectivity index (χ1v) is 12.8. The lowest BCUT2D eigenvalue weighted by atomic mass is 9.71. The van der Waals surface area contributed by atoms with Crippen LogP contribution in [0.3, 0.4) is 0 Å². The van der Waals surface area contributed by atoms with Crippen LogP contribution in [-0.4, -0.2) is 32.3 Å². The molecule has 0 aromatic heterocycles. The van der Waals surface area contributed by atoms with Crippen LogP contribution in [0.2, 0.25) is 5.02 Å². The van der Waals surface area contributed by atoms with Gasteiger partial charge in [-0.25, -0.2) is 4.79 Å². The molecule has 194 valence electrons. The zero-order valence-electron chi connectivity index (χ0n) is 21.4. The van der Waals surface area contributed by atoms with Crippen molar-refractivity contribution in [2.75, 3.05) is 20.5 Å². The maximum Gasteiger partial charge on any atom is 0.336 e. The molecular weight excluding hydrogens is 494 g/mol. The third-order valence-corrected chi connectivity index (χ3v) is 7.31. The molecule has 7 nitrogen and oxygen atoms in total.